The highest BCUT2D eigenvalue weighted by Gasteiger charge is 2.43. The van der Waals surface area contributed by atoms with Gasteiger partial charge in [-0.1, -0.05) is 6.42 Å². The molecule has 1 aromatic carbocycles. The van der Waals surface area contributed by atoms with E-state index in [-0.39, 0.29) is 18.4 Å². The van der Waals surface area contributed by atoms with Crippen LogP contribution in [-0.2, 0) is 16.0 Å². The molecule has 0 unspecified atom stereocenters. The van der Waals surface area contributed by atoms with Crippen LogP contribution in [0, 0.1) is 5.41 Å². The number of carbonyl (C=O) groups is 2. The minimum absolute atomic E-state index is 0.0238. The molecular weight excluding hydrogens is 244 g/mol. The highest BCUT2D eigenvalue weighted by Crippen LogP contribution is 2.41. The van der Waals surface area contributed by atoms with Gasteiger partial charge in [0, 0.05) is 11.4 Å². The SMILES string of the molecule is O=C1Cc2cc(NC(=O)C3(CO)CCC3)ccc2N1. The van der Waals surface area contributed by atoms with Gasteiger partial charge in [-0.05, 0) is 36.6 Å². The van der Waals surface area contributed by atoms with E-state index in [1.165, 1.54) is 0 Å². The molecule has 5 nitrogen and oxygen atoms in total. The Balaban J connectivity index is 1.76. The van der Waals surface area contributed by atoms with Gasteiger partial charge in [0.15, 0.2) is 0 Å². The normalized spacial score (nSPS) is 19.3. The van der Waals surface area contributed by atoms with Crippen molar-refractivity contribution in [3.63, 3.8) is 0 Å². The monoisotopic (exact) mass is 260 g/mol. The molecule has 1 aromatic rings. The molecule has 2 aliphatic rings. The summed E-state index contributed by atoms with van der Waals surface area (Å²) in [6, 6.07) is 5.38. The zero-order chi connectivity index (χ0) is 13.5. The van der Waals surface area contributed by atoms with Crippen molar-refractivity contribution >= 4 is 23.2 Å². The molecule has 5 heteroatoms. The molecule has 0 atom stereocenters. The second kappa shape index (κ2) is 4.35. The molecule has 100 valence electrons. The van der Waals surface area contributed by atoms with Crippen molar-refractivity contribution in [3.05, 3.63) is 23.8 Å². The predicted molar refractivity (Wildman–Crippen MR) is 70.8 cm³/mol. The highest BCUT2D eigenvalue weighted by atomic mass is 16.3. The van der Waals surface area contributed by atoms with Crippen molar-refractivity contribution in [2.75, 3.05) is 17.2 Å². The van der Waals surface area contributed by atoms with Crippen molar-refractivity contribution in [3.8, 4) is 0 Å². The zero-order valence-electron chi connectivity index (χ0n) is 10.5. The second-order valence-corrected chi connectivity index (χ2v) is 5.34. The topological polar surface area (TPSA) is 78.4 Å². The Bertz CT molecular complexity index is 544. The summed E-state index contributed by atoms with van der Waals surface area (Å²) in [4.78, 5) is 23.4. The van der Waals surface area contributed by atoms with Crippen LogP contribution in [0.4, 0.5) is 11.4 Å². The predicted octanol–water partition coefficient (Wildman–Crippen LogP) is 1.28. The summed E-state index contributed by atoms with van der Waals surface area (Å²) in [5.74, 6) is -0.150. The fourth-order valence-corrected chi connectivity index (χ4v) is 2.63. The van der Waals surface area contributed by atoms with E-state index >= 15 is 0 Å². The molecule has 0 bridgehead atoms. The lowest BCUT2D eigenvalue weighted by atomic mass is 9.68. The van der Waals surface area contributed by atoms with Gasteiger partial charge in [-0.3, -0.25) is 9.59 Å². The lowest BCUT2D eigenvalue weighted by molar-refractivity contribution is -0.133. The van der Waals surface area contributed by atoms with Gasteiger partial charge in [0.1, 0.15) is 0 Å². The molecule has 0 radical (unpaired) electrons. The Morgan fingerprint density at radius 2 is 2.21 bits per heavy atom. The third-order valence-corrected chi connectivity index (χ3v) is 4.08. The summed E-state index contributed by atoms with van der Waals surface area (Å²) >= 11 is 0. The smallest absolute Gasteiger partial charge is 0.232 e. The molecule has 1 fully saturated rings. The van der Waals surface area contributed by atoms with Gasteiger partial charge in [-0.15, -0.1) is 0 Å². The summed E-state index contributed by atoms with van der Waals surface area (Å²) < 4.78 is 0. The van der Waals surface area contributed by atoms with Crippen molar-refractivity contribution in [1.29, 1.82) is 0 Å². The van der Waals surface area contributed by atoms with Crippen LogP contribution in [-0.4, -0.2) is 23.5 Å². The minimum atomic E-state index is -0.604. The second-order valence-electron chi connectivity index (χ2n) is 5.34. The maximum Gasteiger partial charge on any atom is 0.232 e. The molecule has 1 aliphatic carbocycles. The van der Waals surface area contributed by atoms with Crippen LogP contribution in [0.3, 0.4) is 0 Å². The van der Waals surface area contributed by atoms with Crippen molar-refractivity contribution in [2.45, 2.75) is 25.7 Å². The Hall–Kier alpha value is -1.88. The van der Waals surface area contributed by atoms with Crippen LogP contribution in [0.1, 0.15) is 24.8 Å². The molecule has 0 saturated heterocycles. The fourth-order valence-electron chi connectivity index (χ4n) is 2.63. The van der Waals surface area contributed by atoms with E-state index in [0.717, 1.165) is 30.5 Å². The van der Waals surface area contributed by atoms with E-state index in [4.69, 9.17) is 0 Å². The van der Waals surface area contributed by atoms with Crippen LogP contribution >= 0.6 is 0 Å². The Morgan fingerprint density at radius 1 is 1.42 bits per heavy atom. The van der Waals surface area contributed by atoms with Crippen LogP contribution in [0.2, 0.25) is 0 Å². The number of nitrogens with one attached hydrogen (secondary N) is 2. The molecular formula is C14H16N2O3. The first-order valence-electron chi connectivity index (χ1n) is 6.48. The average molecular weight is 260 g/mol. The summed E-state index contributed by atoms with van der Waals surface area (Å²) in [6.07, 6.45) is 2.81. The van der Waals surface area contributed by atoms with E-state index in [2.05, 4.69) is 10.6 Å². The first kappa shape index (κ1) is 12.2. The maximum atomic E-state index is 12.2. The number of hydrogen-bond donors (Lipinski definition) is 3. The fraction of sp³-hybridized carbons (Fsp3) is 0.429. The number of amides is 2. The highest BCUT2D eigenvalue weighted by molar-refractivity contribution is 6.01. The van der Waals surface area contributed by atoms with Gasteiger partial charge < -0.3 is 15.7 Å². The standard InChI is InChI=1S/C14H16N2O3/c17-8-14(4-1-5-14)13(19)15-10-2-3-11-9(6-10)7-12(18)16-11/h2-3,6,17H,1,4-5,7-8H2,(H,15,19)(H,16,18). The van der Waals surface area contributed by atoms with Gasteiger partial charge in [0.25, 0.3) is 0 Å². The van der Waals surface area contributed by atoms with Crippen LogP contribution in [0.25, 0.3) is 0 Å². The quantitative estimate of drug-likeness (QED) is 0.766. The molecule has 3 rings (SSSR count). The third kappa shape index (κ3) is 2.00. The number of hydrogen-bond acceptors (Lipinski definition) is 3. The van der Waals surface area contributed by atoms with E-state index in [1.54, 1.807) is 12.1 Å². The molecule has 19 heavy (non-hydrogen) atoms. The Kier molecular flexibility index (Phi) is 2.78. The number of aliphatic hydroxyl groups is 1. The lowest BCUT2D eigenvalue weighted by Gasteiger charge is -2.38. The third-order valence-electron chi connectivity index (χ3n) is 4.08. The number of aliphatic hydroxyl groups excluding tert-OH is 1. The van der Waals surface area contributed by atoms with Gasteiger partial charge in [-0.25, -0.2) is 0 Å². The van der Waals surface area contributed by atoms with Crippen molar-refractivity contribution < 1.29 is 14.7 Å². The summed E-state index contributed by atoms with van der Waals surface area (Å²) in [7, 11) is 0. The van der Waals surface area contributed by atoms with Crippen LogP contribution in [0.5, 0.6) is 0 Å². The molecule has 1 saturated carbocycles. The van der Waals surface area contributed by atoms with Gasteiger partial charge in [0.05, 0.1) is 18.4 Å². The maximum absolute atomic E-state index is 12.2. The minimum Gasteiger partial charge on any atom is -0.395 e. The van der Waals surface area contributed by atoms with Gasteiger partial charge in [-0.2, -0.15) is 0 Å². The number of anilines is 2. The molecule has 1 aliphatic heterocycles. The van der Waals surface area contributed by atoms with Gasteiger partial charge in [0.2, 0.25) is 11.8 Å². The molecule has 0 spiro atoms. The number of fused-ring (bicyclic) bond motifs is 1. The molecule has 2 amide bonds. The van der Waals surface area contributed by atoms with Crippen LogP contribution < -0.4 is 10.6 Å². The number of benzene rings is 1. The first-order valence-corrected chi connectivity index (χ1v) is 6.48. The van der Waals surface area contributed by atoms with Crippen LogP contribution in [0.15, 0.2) is 18.2 Å². The number of rotatable bonds is 3. The van der Waals surface area contributed by atoms with Gasteiger partial charge >= 0.3 is 0 Å². The largest absolute Gasteiger partial charge is 0.395 e. The Labute approximate surface area is 111 Å². The molecule has 1 heterocycles. The van der Waals surface area contributed by atoms with E-state index < -0.39 is 5.41 Å². The number of carbonyl (C=O) groups excluding carboxylic acids is 2. The first-order chi connectivity index (χ1) is 9.13. The molecule has 0 aromatic heterocycles. The average Bonchev–Trinajstić information content (AvgIpc) is 2.67. The lowest BCUT2D eigenvalue weighted by Crippen LogP contribution is -2.44. The van der Waals surface area contributed by atoms with E-state index in [1.807, 2.05) is 6.07 Å². The van der Waals surface area contributed by atoms with E-state index in [9.17, 15) is 14.7 Å². The Morgan fingerprint density at radius 3 is 2.84 bits per heavy atom. The zero-order valence-corrected chi connectivity index (χ0v) is 10.5. The van der Waals surface area contributed by atoms with Crippen molar-refractivity contribution in [2.24, 2.45) is 5.41 Å². The summed E-state index contributed by atoms with van der Waals surface area (Å²) in [6.45, 7) is -0.107. The van der Waals surface area contributed by atoms with Crippen molar-refractivity contribution in [1.82, 2.24) is 0 Å². The molecule has 3 N–H and O–H groups in total. The van der Waals surface area contributed by atoms with E-state index in [0.29, 0.717) is 12.1 Å². The summed E-state index contributed by atoms with van der Waals surface area (Å²) in [5.41, 5.74) is 1.78. The summed E-state index contributed by atoms with van der Waals surface area (Å²) in [5, 5.41) is 15.0.